The quantitative estimate of drug-likeness (QED) is 0.185. The number of rotatable bonds is 5. The molecule has 7 nitrogen and oxygen atoms in total. The fraction of sp³-hybridized carbons (Fsp3) is 0.176. The molecule has 2 rings (SSSR count). The molecule has 0 N–H and O–H groups in total. The smallest absolute Gasteiger partial charge is 0.416 e. The summed E-state index contributed by atoms with van der Waals surface area (Å²) in [4.78, 5) is 27.2. The lowest BCUT2D eigenvalue weighted by molar-refractivity contribution is -0.385. The highest BCUT2D eigenvalue weighted by Crippen LogP contribution is 2.37. The molecule has 2 aromatic carbocycles. The minimum Gasteiger partial charge on any atom is -0.456 e. The third-order valence-electron chi connectivity index (χ3n) is 3.42. The topological polar surface area (TPSA) is 91.0 Å². The Kier molecular flexibility index (Phi) is 7.09. The Morgan fingerprint density at radius 3 is 2.48 bits per heavy atom. The van der Waals surface area contributed by atoms with Crippen LogP contribution in [0.1, 0.15) is 22.8 Å². The standard InChI is InChI=1S/C17H12ClF3N2O5S/c1-9(29-2)22-28-16(24)12-8-11(4-5-14(12)23(25)26)27-15-6-3-10(7-13(15)18)17(19,20)21/h3-8H,1-2H3. The molecule has 0 heterocycles. The summed E-state index contributed by atoms with van der Waals surface area (Å²) in [6.07, 6.45) is -2.89. The molecule has 29 heavy (non-hydrogen) atoms. The third-order valence-corrected chi connectivity index (χ3v) is 4.38. The molecular formula is C17H12ClF3N2O5S. The maximum absolute atomic E-state index is 12.7. The number of hydrogen-bond acceptors (Lipinski definition) is 7. The van der Waals surface area contributed by atoms with Crippen LogP contribution in [0.2, 0.25) is 5.02 Å². The zero-order valence-electron chi connectivity index (χ0n) is 14.8. The summed E-state index contributed by atoms with van der Waals surface area (Å²) in [5, 5.41) is 14.8. The van der Waals surface area contributed by atoms with E-state index < -0.39 is 33.9 Å². The number of carbonyl (C=O) groups is 1. The van der Waals surface area contributed by atoms with Crippen LogP contribution in [-0.2, 0) is 11.0 Å². The SMILES string of the molecule is CSC(C)=NOC(=O)c1cc(Oc2ccc(C(F)(F)F)cc2Cl)ccc1[N+](=O)[O-]. The average molecular weight is 449 g/mol. The van der Waals surface area contributed by atoms with Crippen LogP contribution in [0.3, 0.4) is 0 Å². The van der Waals surface area contributed by atoms with E-state index in [4.69, 9.17) is 16.3 Å². The van der Waals surface area contributed by atoms with Gasteiger partial charge in [0, 0.05) is 12.1 Å². The molecule has 0 amide bonds. The van der Waals surface area contributed by atoms with Gasteiger partial charge in [0.25, 0.3) is 5.69 Å². The average Bonchev–Trinajstić information content (AvgIpc) is 2.66. The van der Waals surface area contributed by atoms with Crippen molar-refractivity contribution >= 4 is 40.1 Å². The Balaban J connectivity index is 2.35. The fourth-order valence-corrected chi connectivity index (χ4v) is 2.31. The summed E-state index contributed by atoms with van der Waals surface area (Å²) in [5.41, 5.74) is -1.98. The summed E-state index contributed by atoms with van der Waals surface area (Å²) in [5.74, 6) is -1.31. The number of alkyl halides is 3. The molecule has 0 saturated carbocycles. The van der Waals surface area contributed by atoms with Gasteiger partial charge in [0.05, 0.1) is 15.5 Å². The normalized spacial score (nSPS) is 11.9. The first-order valence-electron chi connectivity index (χ1n) is 7.66. The van der Waals surface area contributed by atoms with Crippen LogP contribution in [0.15, 0.2) is 41.6 Å². The summed E-state index contributed by atoms with van der Waals surface area (Å²) in [6.45, 7) is 1.57. The van der Waals surface area contributed by atoms with Gasteiger partial charge in [-0.3, -0.25) is 10.1 Å². The van der Waals surface area contributed by atoms with Crippen molar-refractivity contribution in [3.63, 3.8) is 0 Å². The lowest BCUT2D eigenvalue weighted by atomic mass is 10.1. The van der Waals surface area contributed by atoms with Gasteiger partial charge >= 0.3 is 12.1 Å². The van der Waals surface area contributed by atoms with Crippen molar-refractivity contribution in [1.82, 2.24) is 0 Å². The zero-order chi connectivity index (χ0) is 21.8. The number of nitro benzene ring substituents is 1. The van der Waals surface area contributed by atoms with E-state index in [1.165, 1.54) is 17.8 Å². The van der Waals surface area contributed by atoms with Crippen LogP contribution in [-0.4, -0.2) is 22.2 Å². The highest BCUT2D eigenvalue weighted by molar-refractivity contribution is 8.13. The van der Waals surface area contributed by atoms with Crippen molar-refractivity contribution in [3.05, 3.63) is 62.7 Å². The van der Waals surface area contributed by atoms with E-state index >= 15 is 0 Å². The Morgan fingerprint density at radius 2 is 1.93 bits per heavy atom. The first kappa shape index (κ1) is 22.5. The summed E-state index contributed by atoms with van der Waals surface area (Å²) >= 11 is 7.03. The minimum absolute atomic E-state index is 0.0743. The lowest BCUT2D eigenvalue weighted by Gasteiger charge is -2.11. The first-order chi connectivity index (χ1) is 13.5. The first-order valence-corrected chi connectivity index (χ1v) is 9.26. The number of nitro groups is 1. The number of halogens is 4. The van der Waals surface area contributed by atoms with Crippen LogP contribution >= 0.6 is 23.4 Å². The molecular weight excluding hydrogens is 437 g/mol. The Bertz CT molecular complexity index is 982. The Morgan fingerprint density at radius 1 is 1.24 bits per heavy atom. The molecule has 0 unspecified atom stereocenters. The van der Waals surface area contributed by atoms with E-state index in [1.807, 2.05) is 0 Å². The predicted octanol–water partition coefficient (Wildman–Crippen LogP) is 5.91. The van der Waals surface area contributed by atoms with E-state index in [0.29, 0.717) is 11.1 Å². The van der Waals surface area contributed by atoms with Crippen molar-refractivity contribution in [2.45, 2.75) is 13.1 Å². The second kappa shape index (κ2) is 9.14. The molecule has 0 spiro atoms. The molecule has 0 bridgehead atoms. The maximum Gasteiger partial charge on any atom is 0.416 e. The molecule has 0 atom stereocenters. The molecule has 12 heteroatoms. The van der Waals surface area contributed by atoms with E-state index in [2.05, 4.69) is 9.99 Å². The summed E-state index contributed by atoms with van der Waals surface area (Å²) < 4.78 is 43.5. The monoisotopic (exact) mass is 448 g/mol. The van der Waals surface area contributed by atoms with E-state index in [1.54, 1.807) is 13.2 Å². The second-order valence-corrected chi connectivity index (χ2v) is 6.78. The molecule has 154 valence electrons. The van der Waals surface area contributed by atoms with Crippen molar-refractivity contribution in [2.24, 2.45) is 5.16 Å². The number of ether oxygens (including phenoxy) is 1. The maximum atomic E-state index is 12.7. The minimum atomic E-state index is -4.58. The number of carbonyl (C=O) groups excluding carboxylic acids is 1. The molecule has 0 aliphatic heterocycles. The largest absolute Gasteiger partial charge is 0.456 e. The van der Waals surface area contributed by atoms with Gasteiger partial charge in [0.2, 0.25) is 0 Å². The van der Waals surface area contributed by atoms with Crippen LogP contribution in [0.5, 0.6) is 11.5 Å². The second-order valence-electron chi connectivity index (χ2n) is 5.37. The van der Waals surface area contributed by atoms with E-state index in [0.717, 1.165) is 24.3 Å². The Labute approximate surface area is 171 Å². The number of thioether (sulfide) groups is 1. The highest BCUT2D eigenvalue weighted by atomic mass is 35.5. The van der Waals surface area contributed by atoms with Gasteiger partial charge in [0.15, 0.2) is 0 Å². The van der Waals surface area contributed by atoms with Crippen molar-refractivity contribution in [1.29, 1.82) is 0 Å². The zero-order valence-corrected chi connectivity index (χ0v) is 16.4. The van der Waals surface area contributed by atoms with Gasteiger partial charge < -0.3 is 9.57 Å². The van der Waals surface area contributed by atoms with Gasteiger partial charge in [-0.15, -0.1) is 11.8 Å². The molecule has 0 fully saturated rings. The van der Waals surface area contributed by atoms with Crippen molar-refractivity contribution < 1.29 is 32.5 Å². The number of nitrogens with zero attached hydrogens (tertiary/aromatic N) is 2. The van der Waals surface area contributed by atoms with Gasteiger partial charge in [0.1, 0.15) is 22.1 Å². The molecule has 0 saturated heterocycles. The summed E-state index contributed by atoms with van der Waals surface area (Å²) in [6, 6.07) is 5.61. The van der Waals surface area contributed by atoms with Crippen LogP contribution < -0.4 is 4.74 Å². The predicted molar refractivity (Wildman–Crippen MR) is 102 cm³/mol. The molecule has 0 radical (unpaired) electrons. The van der Waals surface area contributed by atoms with E-state index in [-0.39, 0.29) is 16.5 Å². The van der Waals surface area contributed by atoms with E-state index in [9.17, 15) is 28.1 Å². The Hall–Kier alpha value is -2.79. The van der Waals surface area contributed by atoms with Gasteiger partial charge in [-0.1, -0.05) is 16.8 Å². The molecule has 2 aromatic rings. The highest BCUT2D eigenvalue weighted by Gasteiger charge is 2.31. The molecule has 0 aliphatic rings. The van der Waals surface area contributed by atoms with Gasteiger partial charge in [-0.05, 0) is 37.4 Å². The van der Waals surface area contributed by atoms with Crippen molar-refractivity contribution in [2.75, 3.05) is 6.26 Å². The molecule has 0 aliphatic carbocycles. The molecule has 0 aromatic heterocycles. The van der Waals surface area contributed by atoms with Crippen molar-refractivity contribution in [3.8, 4) is 11.5 Å². The third kappa shape index (κ3) is 5.84. The van der Waals surface area contributed by atoms with Crippen LogP contribution in [0, 0.1) is 10.1 Å². The lowest BCUT2D eigenvalue weighted by Crippen LogP contribution is -2.07. The number of benzene rings is 2. The van der Waals surface area contributed by atoms with Gasteiger partial charge in [-0.25, -0.2) is 4.79 Å². The van der Waals surface area contributed by atoms with Crippen LogP contribution in [0.25, 0.3) is 0 Å². The van der Waals surface area contributed by atoms with Crippen LogP contribution in [0.4, 0.5) is 18.9 Å². The number of oxime groups is 1. The fourth-order valence-electron chi connectivity index (χ4n) is 1.98. The number of hydrogen-bond donors (Lipinski definition) is 0. The summed E-state index contributed by atoms with van der Waals surface area (Å²) in [7, 11) is 0. The van der Waals surface area contributed by atoms with Gasteiger partial charge in [-0.2, -0.15) is 13.2 Å².